The molecule has 0 spiro atoms. The molecule has 0 aliphatic heterocycles. The van der Waals surface area contributed by atoms with E-state index in [0.717, 1.165) is 6.07 Å². The summed E-state index contributed by atoms with van der Waals surface area (Å²) in [7, 11) is 0. The second-order valence-corrected chi connectivity index (χ2v) is 2.04. The molecule has 4 heteroatoms. The number of aldehydes is 1. The number of nitrogens with one attached hydrogen (secondary N) is 1. The number of nitrogen functional groups attached to an aromatic ring is 1. The lowest BCUT2D eigenvalue weighted by Gasteiger charge is -1.99. The van der Waals surface area contributed by atoms with Crippen LogP contribution in [0.1, 0.15) is 10.4 Å². The third-order valence-electron chi connectivity index (χ3n) is 1.22. The van der Waals surface area contributed by atoms with Crippen molar-refractivity contribution in [2.45, 2.75) is 0 Å². The normalized spacial score (nSPS) is 9.27. The number of hydrogen-bond donors (Lipinski definition) is 2. The van der Waals surface area contributed by atoms with E-state index in [1.54, 1.807) is 0 Å². The summed E-state index contributed by atoms with van der Waals surface area (Å²) in [5.41, 5.74) is 2.89. The summed E-state index contributed by atoms with van der Waals surface area (Å²) in [5.74, 6) is 4.53. The van der Waals surface area contributed by atoms with Crippen molar-refractivity contribution in [2.75, 3.05) is 5.43 Å². The van der Waals surface area contributed by atoms with E-state index in [1.165, 1.54) is 12.1 Å². The first kappa shape index (κ1) is 7.68. The monoisotopic (exact) mass is 154 g/mol. The van der Waals surface area contributed by atoms with Crippen LogP contribution in [0.4, 0.5) is 10.1 Å². The molecular formula is C7H7FN2O. The molecule has 11 heavy (non-hydrogen) atoms. The van der Waals surface area contributed by atoms with Gasteiger partial charge < -0.3 is 5.43 Å². The van der Waals surface area contributed by atoms with Crippen LogP contribution in [0.2, 0.25) is 0 Å². The van der Waals surface area contributed by atoms with Crippen LogP contribution < -0.4 is 11.3 Å². The van der Waals surface area contributed by atoms with Crippen molar-refractivity contribution < 1.29 is 9.18 Å². The van der Waals surface area contributed by atoms with Gasteiger partial charge in [-0.2, -0.15) is 0 Å². The molecule has 0 saturated heterocycles. The maximum absolute atomic E-state index is 12.5. The number of nitrogens with two attached hydrogens (primary N) is 1. The molecule has 0 fully saturated rings. The highest BCUT2D eigenvalue weighted by molar-refractivity contribution is 5.76. The topological polar surface area (TPSA) is 55.1 Å². The largest absolute Gasteiger partial charge is 0.324 e. The quantitative estimate of drug-likeness (QED) is 0.378. The second-order valence-electron chi connectivity index (χ2n) is 2.04. The SMILES string of the molecule is NNc1cc(F)cc(C=O)c1. The number of carbonyl (C=O) groups excluding carboxylic acids is 1. The molecular weight excluding hydrogens is 147 g/mol. The van der Waals surface area contributed by atoms with E-state index in [9.17, 15) is 9.18 Å². The smallest absolute Gasteiger partial charge is 0.150 e. The van der Waals surface area contributed by atoms with E-state index in [4.69, 9.17) is 5.84 Å². The molecule has 58 valence electrons. The Morgan fingerprint density at radius 2 is 2.18 bits per heavy atom. The third-order valence-corrected chi connectivity index (χ3v) is 1.22. The highest BCUT2D eigenvalue weighted by Gasteiger charge is 1.97. The van der Waals surface area contributed by atoms with Gasteiger partial charge in [0.25, 0.3) is 0 Å². The summed E-state index contributed by atoms with van der Waals surface area (Å²) in [6.07, 6.45) is 0.559. The first-order valence-electron chi connectivity index (χ1n) is 2.98. The first-order valence-corrected chi connectivity index (χ1v) is 2.98. The van der Waals surface area contributed by atoms with Crippen molar-refractivity contribution >= 4 is 12.0 Å². The van der Waals surface area contributed by atoms with E-state index in [1.807, 2.05) is 0 Å². The molecule has 1 aromatic rings. The molecule has 1 rings (SSSR count). The summed E-state index contributed by atoms with van der Waals surface area (Å²) in [4.78, 5) is 10.2. The van der Waals surface area contributed by atoms with Crippen LogP contribution in [-0.2, 0) is 0 Å². The summed E-state index contributed by atoms with van der Waals surface area (Å²) >= 11 is 0. The lowest BCUT2D eigenvalue weighted by Crippen LogP contribution is -2.07. The van der Waals surface area contributed by atoms with E-state index in [0.29, 0.717) is 12.0 Å². The number of carbonyl (C=O) groups is 1. The standard InChI is InChI=1S/C7H7FN2O/c8-6-1-5(4-11)2-7(3-6)10-9/h1-4,10H,9H2. The van der Waals surface area contributed by atoms with Crippen molar-refractivity contribution in [3.05, 3.63) is 29.6 Å². The van der Waals surface area contributed by atoms with Crippen LogP contribution in [0.5, 0.6) is 0 Å². The summed E-state index contributed by atoms with van der Waals surface area (Å²) in [5, 5.41) is 0. The lowest BCUT2D eigenvalue weighted by atomic mass is 10.2. The fraction of sp³-hybridized carbons (Fsp3) is 0. The van der Waals surface area contributed by atoms with Crippen LogP contribution in [0, 0.1) is 5.82 Å². The van der Waals surface area contributed by atoms with Gasteiger partial charge in [0.05, 0.1) is 5.69 Å². The fourth-order valence-electron chi connectivity index (χ4n) is 0.764. The van der Waals surface area contributed by atoms with E-state index < -0.39 is 5.82 Å². The minimum absolute atomic E-state index is 0.262. The van der Waals surface area contributed by atoms with Gasteiger partial charge >= 0.3 is 0 Å². The predicted molar refractivity (Wildman–Crippen MR) is 39.6 cm³/mol. The summed E-state index contributed by atoms with van der Waals surface area (Å²) < 4.78 is 12.5. The first-order chi connectivity index (χ1) is 5.26. The van der Waals surface area contributed by atoms with Crippen molar-refractivity contribution in [2.24, 2.45) is 5.84 Å². The Morgan fingerprint density at radius 1 is 1.45 bits per heavy atom. The van der Waals surface area contributed by atoms with Crippen molar-refractivity contribution in [1.82, 2.24) is 0 Å². The number of benzene rings is 1. The van der Waals surface area contributed by atoms with E-state index >= 15 is 0 Å². The lowest BCUT2D eigenvalue weighted by molar-refractivity contribution is 0.112. The molecule has 3 N–H and O–H groups in total. The minimum atomic E-state index is -0.484. The van der Waals surface area contributed by atoms with Gasteiger partial charge in [-0.1, -0.05) is 0 Å². The van der Waals surface area contributed by atoms with Gasteiger partial charge in [-0.05, 0) is 18.2 Å². The Morgan fingerprint density at radius 3 is 2.73 bits per heavy atom. The fourth-order valence-corrected chi connectivity index (χ4v) is 0.764. The zero-order chi connectivity index (χ0) is 8.27. The highest BCUT2D eigenvalue weighted by Crippen LogP contribution is 2.10. The Hall–Kier alpha value is -1.42. The van der Waals surface area contributed by atoms with Crippen LogP contribution in [-0.4, -0.2) is 6.29 Å². The van der Waals surface area contributed by atoms with Crippen LogP contribution in [0.25, 0.3) is 0 Å². The van der Waals surface area contributed by atoms with Gasteiger partial charge in [-0.25, -0.2) is 4.39 Å². The zero-order valence-corrected chi connectivity index (χ0v) is 5.67. The Labute approximate surface area is 63.0 Å². The van der Waals surface area contributed by atoms with E-state index in [2.05, 4.69) is 5.43 Å². The average Bonchev–Trinajstić information content (AvgIpc) is 2.03. The molecule has 0 radical (unpaired) electrons. The zero-order valence-electron chi connectivity index (χ0n) is 5.67. The molecule has 0 saturated carbocycles. The molecule has 0 bridgehead atoms. The molecule has 0 aliphatic carbocycles. The number of hydrazine groups is 1. The Bertz CT molecular complexity index is 275. The molecule has 0 atom stereocenters. The number of halogens is 1. The molecule has 0 amide bonds. The van der Waals surface area contributed by atoms with Crippen LogP contribution in [0.3, 0.4) is 0 Å². The van der Waals surface area contributed by atoms with Gasteiger partial charge in [0.15, 0.2) is 0 Å². The number of anilines is 1. The number of hydrogen-bond acceptors (Lipinski definition) is 3. The molecule has 0 heterocycles. The second kappa shape index (κ2) is 3.12. The summed E-state index contributed by atoms with van der Waals surface area (Å²) in [6, 6.07) is 3.79. The van der Waals surface area contributed by atoms with Crippen LogP contribution in [0.15, 0.2) is 18.2 Å². The van der Waals surface area contributed by atoms with Gasteiger partial charge in [-0.3, -0.25) is 10.6 Å². The van der Waals surface area contributed by atoms with Gasteiger partial charge in [0, 0.05) is 5.56 Å². The molecule has 0 aromatic heterocycles. The predicted octanol–water partition coefficient (Wildman–Crippen LogP) is 0.924. The maximum atomic E-state index is 12.5. The molecule has 3 nitrogen and oxygen atoms in total. The average molecular weight is 154 g/mol. The van der Waals surface area contributed by atoms with Crippen molar-refractivity contribution in [3.8, 4) is 0 Å². The summed E-state index contributed by atoms with van der Waals surface area (Å²) in [6.45, 7) is 0. The van der Waals surface area contributed by atoms with Crippen molar-refractivity contribution in [1.29, 1.82) is 0 Å². The minimum Gasteiger partial charge on any atom is -0.324 e. The number of rotatable bonds is 2. The van der Waals surface area contributed by atoms with Gasteiger partial charge in [0.1, 0.15) is 12.1 Å². The van der Waals surface area contributed by atoms with Gasteiger partial charge in [0.2, 0.25) is 0 Å². The maximum Gasteiger partial charge on any atom is 0.150 e. The van der Waals surface area contributed by atoms with Crippen LogP contribution >= 0.6 is 0 Å². The Balaban J connectivity index is 3.11. The Kier molecular flexibility index (Phi) is 2.18. The molecule has 1 aromatic carbocycles. The molecule has 0 aliphatic rings. The van der Waals surface area contributed by atoms with Gasteiger partial charge in [-0.15, -0.1) is 0 Å². The third kappa shape index (κ3) is 1.75. The van der Waals surface area contributed by atoms with E-state index in [-0.39, 0.29) is 5.56 Å². The van der Waals surface area contributed by atoms with Crippen molar-refractivity contribution in [3.63, 3.8) is 0 Å². The molecule has 0 unspecified atom stereocenters. The highest BCUT2D eigenvalue weighted by atomic mass is 19.1.